The number of allylic oxidation sites excluding steroid dienone is 2. The minimum atomic E-state index is -1.23. The van der Waals surface area contributed by atoms with Crippen LogP contribution < -0.4 is 11.1 Å². The van der Waals surface area contributed by atoms with Crippen LogP contribution in [0.25, 0.3) is 0 Å². The highest BCUT2D eigenvalue weighted by molar-refractivity contribution is 5.06. The highest BCUT2D eigenvalue weighted by atomic mass is 16.7. The summed E-state index contributed by atoms with van der Waals surface area (Å²) in [5, 5.41) is 35.4. The minimum absolute atomic E-state index is 0.00550. The normalized spacial score (nSPS) is 50.0. The van der Waals surface area contributed by atoms with Gasteiger partial charge in [-0.2, -0.15) is 0 Å². The summed E-state index contributed by atoms with van der Waals surface area (Å²) in [5.74, 6) is 1.28. The summed E-state index contributed by atoms with van der Waals surface area (Å²) in [5.41, 5.74) is 5.15. The Hall–Kier alpha value is -0.740. The van der Waals surface area contributed by atoms with E-state index >= 15 is 0 Å². The molecule has 1 saturated carbocycles. The fourth-order valence-electron chi connectivity index (χ4n) is 5.43. The summed E-state index contributed by atoms with van der Waals surface area (Å²) < 4.78 is 18.0. The molecule has 0 amide bonds. The lowest BCUT2D eigenvalue weighted by Crippen LogP contribution is -2.67. The molecule has 0 radical (unpaired) electrons. The van der Waals surface area contributed by atoms with Gasteiger partial charge in [0.25, 0.3) is 0 Å². The first-order chi connectivity index (χ1) is 14.1. The molecular formula is C22H40N2O6. The molecule has 0 bridgehead atoms. The van der Waals surface area contributed by atoms with Crippen molar-refractivity contribution in [2.45, 2.75) is 95.3 Å². The summed E-state index contributed by atoms with van der Waals surface area (Å²) in [6.45, 7) is 7.92. The van der Waals surface area contributed by atoms with Crippen LogP contribution in [0.1, 0.15) is 47.0 Å². The van der Waals surface area contributed by atoms with E-state index in [0.29, 0.717) is 6.42 Å². The topological polar surface area (TPSA) is 126 Å². The molecule has 1 aliphatic carbocycles. The summed E-state index contributed by atoms with van der Waals surface area (Å²) in [7, 11) is 1.67. The Balaban J connectivity index is 1.76. The van der Waals surface area contributed by atoms with Crippen LogP contribution in [0.5, 0.6) is 0 Å². The van der Waals surface area contributed by atoms with Gasteiger partial charge < -0.3 is 40.6 Å². The predicted molar refractivity (Wildman–Crippen MR) is 112 cm³/mol. The number of hydrogen-bond donors (Lipinski definition) is 5. The summed E-state index contributed by atoms with van der Waals surface area (Å²) in [4.78, 5) is 0. The third-order valence-electron chi connectivity index (χ3n) is 7.18. The van der Waals surface area contributed by atoms with Gasteiger partial charge in [-0.25, -0.2) is 0 Å². The van der Waals surface area contributed by atoms with Gasteiger partial charge in [-0.3, -0.25) is 0 Å². The lowest BCUT2D eigenvalue weighted by Gasteiger charge is -2.50. The highest BCUT2D eigenvalue weighted by Gasteiger charge is 2.51. The van der Waals surface area contributed by atoms with Crippen LogP contribution in [-0.4, -0.2) is 77.4 Å². The minimum Gasteiger partial charge on any atom is -0.494 e. The molecule has 2 heterocycles. The van der Waals surface area contributed by atoms with E-state index in [1.165, 1.54) is 0 Å². The zero-order valence-electron chi connectivity index (χ0n) is 18.8. The fraction of sp³-hybridized carbons (Fsp3) is 0.909. The van der Waals surface area contributed by atoms with Gasteiger partial charge >= 0.3 is 0 Å². The second kappa shape index (κ2) is 9.40. The van der Waals surface area contributed by atoms with Crippen molar-refractivity contribution in [1.82, 2.24) is 5.32 Å². The standard InChI is InChI=1S/C22H40N2O6/c1-6-13-8-7-11(2)18(29-13)15-12(3)9-14(23)19(16(15)25)30-21-17(26)20(24-5)22(4,27)10-28-21/h8,11-12,14-21,24-27H,6-7,9-10,23H2,1-5H3. The number of aliphatic hydroxyl groups excluding tert-OH is 2. The monoisotopic (exact) mass is 428 g/mol. The number of aliphatic hydroxyl groups is 3. The van der Waals surface area contributed by atoms with Gasteiger partial charge in [0.2, 0.25) is 0 Å². The van der Waals surface area contributed by atoms with Crippen molar-refractivity contribution < 1.29 is 29.5 Å². The number of ether oxygens (including phenoxy) is 3. The van der Waals surface area contributed by atoms with E-state index in [0.717, 1.165) is 18.6 Å². The van der Waals surface area contributed by atoms with E-state index in [9.17, 15) is 15.3 Å². The Labute approximate surface area is 179 Å². The molecule has 8 nitrogen and oxygen atoms in total. The van der Waals surface area contributed by atoms with Crippen LogP contribution in [0, 0.1) is 17.8 Å². The molecule has 8 heteroatoms. The number of hydrogen-bond acceptors (Lipinski definition) is 8. The van der Waals surface area contributed by atoms with Crippen LogP contribution in [0.4, 0.5) is 0 Å². The molecule has 0 aromatic carbocycles. The SMILES string of the molecule is CCC1=CCC(C)C(C2C(C)CC(N)C(OC3OCC(C)(O)C(NC)C3O)C2O)O1. The predicted octanol–water partition coefficient (Wildman–Crippen LogP) is 0.491. The summed E-state index contributed by atoms with van der Waals surface area (Å²) >= 11 is 0. The molecule has 2 fully saturated rings. The maximum Gasteiger partial charge on any atom is 0.185 e. The largest absolute Gasteiger partial charge is 0.494 e. The molecule has 0 aromatic heterocycles. The molecule has 2 aliphatic heterocycles. The van der Waals surface area contributed by atoms with Crippen LogP contribution in [0.3, 0.4) is 0 Å². The van der Waals surface area contributed by atoms with Crippen molar-refractivity contribution in [3.8, 4) is 0 Å². The molecule has 30 heavy (non-hydrogen) atoms. The van der Waals surface area contributed by atoms with Crippen molar-refractivity contribution in [2.24, 2.45) is 23.5 Å². The van der Waals surface area contributed by atoms with Gasteiger partial charge in [-0.05, 0) is 44.7 Å². The zero-order chi connectivity index (χ0) is 22.2. The first-order valence-electron chi connectivity index (χ1n) is 11.2. The van der Waals surface area contributed by atoms with Crippen molar-refractivity contribution >= 4 is 0 Å². The maximum absolute atomic E-state index is 11.3. The summed E-state index contributed by atoms with van der Waals surface area (Å²) in [6.07, 6.45) is 0.816. The third-order valence-corrected chi connectivity index (χ3v) is 7.18. The molecule has 0 aromatic rings. The van der Waals surface area contributed by atoms with E-state index in [2.05, 4.69) is 32.2 Å². The van der Waals surface area contributed by atoms with Crippen molar-refractivity contribution in [2.75, 3.05) is 13.7 Å². The Morgan fingerprint density at radius 1 is 1.27 bits per heavy atom. The van der Waals surface area contributed by atoms with Gasteiger partial charge in [0.05, 0.1) is 24.5 Å². The molecule has 11 atom stereocenters. The molecule has 174 valence electrons. The van der Waals surface area contributed by atoms with Crippen LogP contribution >= 0.6 is 0 Å². The Kier molecular flexibility index (Phi) is 7.49. The third kappa shape index (κ3) is 4.55. The van der Waals surface area contributed by atoms with Gasteiger partial charge in [-0.1, -0.05) is 20.8 Å². The van der Waals surface area contributed by atoms with Crippen molar-refractivity contribution in [3.05, 3.63) is 11.8 Å². The molecule has 11 unspecified atom stereocenters. The first kappa shape index (κ1) is 23.9. The van der Waals surface area contributed by atoms with Crippen molar-refractivity contribution in [1.29, 1.82) is 0 Å². The molecule has 3 aliphatic rings. The lowest BCUT2D eigenvalue weighted by atomic mass is 9.68. The Bertz CT molecular complexity index is 614. The van der Waals surface area contributed by atoms with E-state index < -0.39 is 42.3 Å². The average molecular weight is 429 g/mol. The second-order valence-corrected chi connectivity index (χ2v) is 9.66. The molecule has 3 rings (SSSR count). The van der Waals surface area contributed by atoms with Gasteiger partial charge in [0.15, 0.2) is 6.29 Å². The molecule has 6 N–H and O–H groups in total. The maximum atomic E-state index is 11.3. The van der Waals surface area contributed by atoms with Gasteiger partial charge in [0, 0.05) is 18.4 Å². The van der Waals surface area contributed by atoms with Crippen molar-refractivity contribution in [3.63, 3.8) is 0 Å². The zero-order valence-corrected chi connectivity index (χ0v) is 18.8. The molecule has 0 spiro atoms. The molecule has 1 saturated heterocycles. The number of rotatable bonds is 5. The quantitative estimate of drug-likeness (QED) is 0.428. The fourth-order valence-corrected chi connectivity index (χ4v) is 5.43. The van der Waals surface area contributed by atoms with E-state index in [1.807, 2.05) is 0 Å². The number of nitrogens with one attached hydrogen (secondary N) is 1. The van der Waals surface area contributed by atoms with Crippen LogP contribution in [-0.2, 0) is 14.2 Å². The van der Waals surface area contributed by atoms with E-state index in [4.69, 9.17) is 19.9 Å². The Morgan fingerprint density at radius 2 is 1.97 bits per heavy atom. The Morgan fingerprint density at radius 3 is 2.60 bits per heavy atom. The summed E-state index contributed by atoms with van der Waals surface area (Å²) in [6, 6.07) is -1.01. The lowest BCUT2D eigenvalue weighted by molar-refractivity contribution is -0.298. The smallest absolute Gasteiger partial charge is 0.185 e. The van der Waals surface area contributed by atoms with E-state index in [-0.39, 0.29) is 30.5 Å². The second-order valence-electron chi connectivity index (χ2n) is 9.66. The van der Waals surface area contributed by atoms with Gasteiger partial charge in [-0.15, -0.1) is 0 Å². The molecular weight excluding hydrogens is 388 g/mol. The van der Waals surface area contributed by atoms with Crippen LogP contribution in [0.2, 0.25) is 0 Å². The van der Waals surface area contributed by atoms with Gasteiger partial charge in [0.1, 0.15) is 23.9 Å². The highest BCUT2D eigenvalue weighted by Crippen LogP contribution is 2.41. The first-order valence-corrected chi connectivity index (χ1v) is 11.2. The number of likely N-dealkylation sites (N-methyl/N-ethyl adjacent to an activating group) is 1. The van der Waals surface area contributed by atoms with E-state index in [1.54, 1.807) is 14.0 Å². The van der Waals surface area contributed by atoms with Crippen LogP contribution in [0.15, 0.2) is 11.8 Å². The average Bonchev–Trinajstić information content (AvgIpc) is 2.68. The number of nitrogens with two attached hydrogens (primary N) is 1.